The van der Waals surface area contributed by atoms with E-state index >= 15 is 0 Å². The SMILES string of the molecule is Cc1c(C(=O)Nc2cccc(C(=O)NCc3ccccc3)c2)oc2ccccc12. The van der Waals surface area contributed by atoms with Crippen LogP contribution in [0.3, 0.4) is 0 Å². The second-order valence-corrected chi connectivity index (χ2v) is 6.76. The zero-order chi connectivity index (χ0) is 20.2. The molecule has 0 spiro atoms. The third-order valence-corrected chi connectivity index (χ3v) is 4.73. The maximum absolute atomic E-state index is 12.7. The van der Waals surface area contributed by atoms with Gasteiger partial charge in [0.1, 0.15) is 5.58 Å². The lowest BCUT2D eigenvalue weighted by Gasteiger charge is -2.08. The number of nitrogens with one attached hydrogen (secondary N) is 2. The predicted molar refractivity (Wildman–Crippen MR) is 113 cm³/mol. The highest BCUT2D eigenvalue weighted by molar-refractivity contribution is 6.07. The van der Waals surface area contributed by atoms with Crippen molar-refractivity contribution in [1.82, 2.24) is 5.32 Å². The number of carbonyl (C=O) groups is 2. The van der Waals surface area contributed by atoms with Crippen LogP contribution in [0.5, 0.6) is 0 Å². The Morgan fingerprint density at radius 3 is 2.41 bits per heavy atom. The van der Waals surface area contributed by atoms with Gasteiger partial charge in [-0.2, -0.15) is 0 Å². The van der Waals surface area contributed by atoms with Gasteiger partial charge in [-0.15, -0.1) is 0 Å². The van der Waals surface area contributed by atoms with E-state index in [-0.39, 0.29) is 17.6 Å². The summed E-state index contributed by atoms with van der Waals surface area (Å²) in [6, 6.07) is 24.0. The average Bonchev–Trinajstić information content (AvgIpc) is 3.10. The molecule has 144 valence electrons. The van der Waals surface area contributed by atoms with Gasteiger partial charge in [-0.05, 0) is 36.8 Å². The molecule has 0 unspecified atom stereocenters. The Morgan fingerprint density at radius 1 is 0.862 bits per heavy atom. The summed E-state index contributed by atoms with van der Waals surface area (Å²) in [5.41, 5.74) is 3.48. The second kappa shape index (κ2) is 8.02. The lowest BCUT2D eigenvalue weighted by Crippen LogP contribution is -2.23. The van der Waals surface area contributed by atoms with Crippen LogP contribution in [-0.4, -0.2) is 11.8 Å². The number of fused-ring (bicyclic) bond motifs is 1. The van der Waals surface area contributed by atoms with Crippen LogP contribution in [0.2, 0.25) is 0 Å². The first-order valence-corrected chi connectivity index (χ1v) is 9.33. The fourth-order valence-electron chi connectivity index (χ4n) is 3.20. The minimum atomic E-state index is -0.347. The van der Waals surface area contributed by atoms with E-state index in [9.17, 15) is 9.59 Å². The molecular weight excluding hydrogens is 364 g/mol. The third-order valence-electron chi connectivity index (χ3n) is 4.73. The average molecular weight is 384 g/mol. The molecular formula is C24H20N2O3. The van der Waals surface area contributed by atoms with Crippen LogP contribution in [-0.2, 0) is 6.54 Å². The van der Waals surface area contributed by atoms with Gasteiger partial charge in [0, 0.05) is 28.7 Å². The van der Waals surface area contributed by atoms with Gasteiger partial charge in [-0.25, -0.2) is 0 Å². The van der Waals surface area contributed by atoms with Crippen LogP contribution in [0, 0.1) is 6.92 Å². The minimum absolute atomic E-state index is 0.204. The molecule has 4 aromatic rings. The Balaban J connectivity index is 1.47. The van der Waals surface area contributed by atoms with Gasteiger partial charge < -0.3 is 15.1 Å². The van der Waals surface area contributed by atoms with E-state index in [0.717, 1.165) is 16.5 Å². The van der Waals surface area contributed by atoms with Gasteiger partial charge in [0.05, 0.1) is 0 Å². The summed E-state index contributed by atoms with van der Waals surface area (Å²) in [6.45, 7) is 2.29. The molecule has 0 aliphatic rings. The van der Waals surface area contributed by atoms with E-state index in [4.69, 9.17) is 4.42 Å². The normalized spacial score (nSPS) is 10.7. The molecule has 0 fully saturated rings. The first-order valence-electron chi connectivity index (χ1n) is 9.33. The molecule has 2 amide bonds. The van der Waals surface area contributed by atoms with Gasteiger partial charge in [-0.1, -0.05) is 54.6 Å². The molecule has 0 bridgehead atoms. The van der Waals surface area contributed by atoms with Crippen molar-refractivity contribution in [3.05, 3.63) is 101 Å². The van der Waals surface area contributed by atoms with Crippen molar-refractivity contribution in [2.75, 3.05) is 5.32 Å². The van der Waals surface area contributed by atoms with E-state index in [1.165, 1.54) is 0 Å². The molecule has 2 N–H and O–H groups in total. The Bertz CT molecular complexity index is 1180. The minimum Gasteiger partial charge on any atom is -0.451 e. The number of carbonyl (C=O) groups excluding carboxylic acids is 2. The summed E-state index contributed by atoms with van der Waals surface area (Å²) in [4.78, 5) is 25.1. The quantitative estimate of drug-likeness (QED) is 0.513. The maximum Gasteiger partial charge on any atom is 0.291 e. The summed E-state index contributed by atoms with van der Waals surface area (Å²) in [5, 5.41) is 6.61. The molecule has 0 saturated carbocycles. The fraction of sp³-hybridized carbons (Fsp3) is 0.0833. The predicted octanol–water partition coefficient (Wildman–Crippen LogP) is 4.92. The number of furan rings is 1. The van der Waals surface area contributed by atoms with Gasteiger partial charge in [0.25, 0.3) is 11.8 Å². The second-order valence-electron chi connectivity index (χ2n) is 6.76. The Labute approximate surface area is 168 Å². The van der Waals surface area contributed by atoms with Crippen LogP contribution >= 0.6 is 0 Å². The molecule has 0 radical (unpaired) electrons. The van der Waals surface area contributed by atoms with Crippen LogP contribution < -0.4 is 10.6 Å². The van der Waals surface area contributed by atoms with Gasteiger partial charge in [-0.3, -0.25) is 9.59 Å². The van der Waals surface area contributed by atoms with Gasteiger partial charge in [0.2, 0.25) is 0 Å². The summed E-state index contributed by atoms with van der Waals surface area (Å²) in [5.74, 6) is -0.282. The van der Waals surface area contributed by atoms with E-state index in [0.29, 0.717) is 23.4 Å². The first kappa shape index (κ1) is 18.5. The number of para-hydroxylation sites is 1. The maximum atomic E-state index is 12.7. The fourth-order valence-corrected chi connectivity index (χ4v) is 3.20. The Hall–Kier alpha value is -3.86. The Kier molecular flexibility index (Phi) is 5.12. The topological polar surface area (TPSA) is 71.3 Å². The van der Waals surface area contributed by atoms with Crippen LogP contribution in [0.25, 0.3) is 11.0 Å². The molecule has 5 heteroatoms. The zero-order valence-corrected chi connectivity index (χ0v) is 15.9. The molecule has 0 aliphatic heterocycles. The molecule has 0 saturated heterocycles. The van der Waals surface area contributed by atoms with Gasteiger partial charge >= 0.3 is 0 Å². The van der Waals surface area contributed by atoms with Crippen molar-refractivity contribution < 1.29 is 14.0 Å². The first-order chi connectivity index (χ1) is 14.1. The summed E-state index contributed by atoms with van der Waals surface area (Å²) < 4.78 is 5.71. The van der Waals surface area contributed by atoms with E-state index in [2.05, 4.69) is 10.6 Å². The molecule has 3 aromatic carbocycles. The summed E-state index contributed by atoms with van der Waals surface area (Å²) in [7, 11) is 0. The highest BCUT2D eigenvalue weighted by Crippen LogP contribution is 2.25. The molecule has 1 heterocycles. The summed E-state index contributed by atoms with van der Waals surface area (Å²) in [6.07, 6.45) is 0. The van der Waals surface area contributed by atoms with Crippen molar-refractivity contribution in [1.29, 1.82) is 0 Å². The Morgan fingerprint density at radius 2 is 1.62 bits per heavy atom. The summed E-state index contributed by atoms with van der Waals surface area (Å²) >= 11 is 0. The highest BCUT2D eigenvalue weighted by Gasteiger charge is 2.18. The molecule has 0 aliphatic carbocycles. The molecule has 4 rings (SSSR count). The lowest BCUT2D eigenvalue weighted by atomic mass is 10.1. The number of anilines is 1. The van der Waals surface area contributed by atoms with Crippen molar-refractivity contribution in [2.24, 2.45) is 0 Å². The van der Waals surface area contributed by atoms with Gasteiger partial charge in [0.15, 0.2) is 5.76 Å². The zero-order valence-electron chi connectivity index (χ0n) is 15.9. The number of hydrogen-bond donors (Lipinski definition) is 2. The van der Waals surface area contributed by atoms with Crippen molar-refractivity contribution in [3.63, 3.8) is 0 Å². The number of benzene rings is 3. The van der Waals surface area contributed by atoms with Crippen molar-refractivity contribution >= 4 is 28.5 Å². The highest BCUT2D eigenvalue weighted by atomic mass is 16.3. The molecule has 29 heavy (non-hydrogen) atoms. The van der Waals surface area contributed by atoms with Crippen LogP contribution in [0.15, 0.2) is 83.3 Å². The monoisotopic (exact) mass is 384 g/mol. The van der Waals surface area contributed by atoms with Crippen molar-refractivity contribution in [3.8, 4) is 0 Å². The van der Waals surface area contributed by atoms with E-state index in [1.807, 2.05) is 61.5 Å². The molecule has 5 nitrogen and oxygen atoms in total. The molecule has 0 atom stereocenters. The lowest BCUT2D eigenvalue weighted by molar-refractivity contribution is 0.0949. The third kappa shape index (κ3) is 4.04. The number of amides is 2. The number of aryl methyl sites for hydroxylation is 1. The molecule has 1 aromatic heterocycles. The smallest absolute Gasteiger partial charge is 0.291 e. The van der Waals surface area contributed by atoms with E-state index in [1.54, 1.807) is 24.3 Å². The largest absolute Gasteiger partial charge is 0.451 e. The van der Waals surface area contributed by atoms with Crippen LogP contribution in [0.1, 0.15) is 32.0 Å². The standard InChI is InChI=1S/C24H20N2O3/c1-16-20-12-5-6-13-21(20)29-22(16)24(28)26-19-11-7-10-18(14-19)23(27)25-15-17-8-3-2-4-9-17/h2-14H,15H2,1H3,(H,25,27)(H,26,28). The van der Waals surface area contributed by atoms with E-state index < -0.39 is 0 Å². The van der Waals surface area contributed by atoms with Crippen LogP contribution in [0.4, 0.5) is 5.69 Å². The number of hydrogen-bond acceptors (Lipinski definition) is 3. The number of rotatable bonds is 5. The van der Waals surface area contributed by atoms with Crippen molar-refractivity contribution in [2.45, 2.75) is 13.5 Å².